The van der Waals surface area contributed by atoms with E-state index in [0.29, 0.717) is 30.6 Å². The lowest BCUT2D eigenvalue weighted by molar-refractivity contribution is 0.0781. The number of nitrogens with zero attached hydrogens (tertiary/aromatic N) is 3. The number of aliphatic imine (C=N–C) groups is 1. The summed E-state index contributed by atoms with van der Waals surface area (Å²) in [5, 5.41) is 7.42. The number of fused-ring (bicyclic) bond motifs is 1. The molecule has 33 heavy (non-hydrogen) atoms. The molecule has 0 unspecified atom stereocenters. The third-order valence-electron chi connectivity index (χ3n) is 7.00. The van der Waals surface area contributed by atoms with Gasteiger partial charge in [0.2, 0.25) is 11.8 Å². The molecule has 1 aliphatic carbocycles. The van der Waals surface area contributed by atoms with Crippen LogP contribution in [0.4, 0.5) is 5.69 Å². The summed E-state index contributed by atoms with van der Waals surface area (Å²) in [5.74, 6) is 1.55. The molecule has 1 saturated carbocycles. The van der Waals surface area contributed by atoms with Crippen molar-refractivity contribution in [1.82, 2.24) is 15.2 Å². The van der Waals surface area contributed by atoms with Crippen molar-refractivity contribution in [2.24, 2.45) is 4.99 Å². The van der Waals surface area contributed by atoms with E-state index in [2.05, 4.69) is 33.8 Å². The Hall–Kier alpha value is -3.13. The average molecular weight is 450 g/mol. The molecular weight excluding hydrogens is 418 g/mol. The fraction of sp³-hybridized carbons (Fsp3) is 0.480. The number of amidine groups is 1. The largest absolute Gasteiger partial charge is 0.481 e. The number of aromatic nitrogens is 1. The zero-order valence-corrected chi connectivity index (χ0v) is 19.3. The Morgan fingerprint density at radius 1 is 1.15 bits per heavy atom. The van der Waals surface area contributed by atoms with Crippen LogP contribution in [0.2, 0.25) is 0 Å². The molecule has 2 fully saturated rings. The molecule has 1 aromatic carbocycles. The van der Waals surface area contributed by atoms with Crippen LogP contribution in [0.3, 0.4) is 0 Å². The van der Waals surface area contributed by atoms with Gasteiger partial charge in [0.05, 0.1) is 25.8 Å². The number of carbonyl (C=O) groups excluding carboxylic acids is 1. The van der Waals surface area contributed by atoms with Crippen LogP contribution >= 0.6 is 0 Å². The maximum atomic E-state index is 13.5. The van der Waals surface area contributed by atoms with E-state index >= 15 is 0 Å². The van der Waals surface area contributed by atoms with Gasteiger partial charge in [-0.15, -0.1) is 0 Å². The second-order valence-electron chi connectivity index (χ2n) is 9.02. The molecule has 0 radical (unpaired) electrons. The normalized spacial score (nSPS) is 23.9. The van der Waals surface area contributed by atoms with E-state index < -0.39 is 5.54 Å². The molecule has 2 aliphatic heterocycles. The van der Waals surface area contributed by atoms with Crippen molar-refractivity contribution in [3.05, 3.63) is 47.5 Å². The van der Waals surface area contributed by atoms with Gasteiger partial charge in [-0.1, -0.05) is 31.0 Å². The summed E-state index contributed by atoms with van der Waals surface area (Å²) in [6, 6.07) is 12.1. The van der Waals surface area contributed by atoms with Crippen LogP contribution in [-0.4, -0.2) is 60.5 Å². The zero-order chi connectivity index (χ0) is 22.8. The van der Waals surface area contributed by atoms with Crippen molar-refractivity contribution >= 4 is 17.4 Å². The minimum Gasteiger partial charge on any atom is -0.481 e. The number of pyridine rings is 1. The second kappa shape index (κ2) is 9.02. The highest BCUT2D eigenvalue weighted by Crippen LogP contribution is 2.33. The van der Waals surface area contributed by atoms with E-state index in [-0.39, 0.29) is 11.8 Å². The standard InChI is InChI=1S/C25H31N5O3/c1-32-21-12-11-19(22(29-21)33-2)23(31)30-14-13-25(16-30)24(27-18-8-4-5-9-18)28-20-10-6-3-7-17(20)15-26-25/h3,6-7,10-12,18,26H,4-5,8-9,13-16H2,1-2H3,(H,27,28)/t25-/m1/s1. The van der Waals surface area contributed by atoms with Crippen LogP contribution in [0.25, 0.3) is 0 Å². The van der Waals surface area contributed by atoms with Crippen LogP contribution in [0.5, 0.6) is 11.8 Å². The smallest absolute Gasteiger partial charge is 0.259 e. The number of hydrogen-bond donors (Lipinski definition) is 2. The molecule has 8 heteroatoms. The molecule has 3 aliphatic rings. The second-order valence-corrected chi connectivity index (χ2v) is 9.02. The van der Waals surface area contributed by atoms with E-state index in [1.54, 1.807) is 19.2 Å². The van der Waals surface area contributed by atoms with Gasteiger partial charge in [0.15, 0.2) is 0 Å². The van der Waals surface area contributed by atoms with E-state index in [4.69, 9.17) is 14.5 Å². The molecule has 1 spiro atoms. The van der Waals surface area contributed by atoms with Crippen molar-refractivity contribution in [1.29, 1.82) is 0 Å². The van der Waals surface area contributed by atoms with E-state index in [0.717, 1.165) is 37.3 Å². The molecule has 1 amide bonds. The molecule has 8 nitrogen and oxygen atoms in total. The Morgan fingerprint density at radius 3 is 2.76 bits per heavy atom. The van der Waals surface area contributed by atoms with Crippen molar-refractivity contribution < 1.29 is 14.3 Å². The molecular formula is C25H31N5O3. The third kappa shape index (κ3) is 4.15. The minimum absolute atomic E-state index is 0.0948. The first-order chi connectivity index (χ1) is 16.1. The number of likely N-dealkylation sites (tertiary alicyclic amines) is 1. The zero-order valence-electron chi connectivity index (χ0n) is 19.3. The highest BCUT2D eigenvalue weighted by atomic mass is 16.5. The van der Waals surface area contributed by atoms with Gasteiger partial charge in [0.25, 0.3) is 5.91 Å². The summed E-state index contributed by atoms with van der Waals surface area (Å²) < 4.78 is 10.6. The Kier molecular flexibility index (Phi) is 5.93. The van der Waals surface area contributed by atoms with Crippen molar-refractivity contribution in [3.8, 4) is 11.8 Å². The van der Waals surface area contributed by atoms with Crippen LogP contribution in [0, 0.1) is 0 Å². The van der Waals surface area contributed by atoms with Gasteiger partial charge in [0, 0.05) is 31.4 Å². The topological polar surface area (TPSA) is 88.1 Å². The summed E-state index contributed by atoms with van der Waals surface area (Å²) in [4.78, 5) is 24.9. The summed E-state index contributed by atoms with van der Waals surface area (Å²) in [7, 11) is 3.06. The number of amides is 1. The fourth-order valence-electron chi connectivity index (χ4n) is 5.11. The molecule has 3 heterocycles. The third-order valence-corrected chi connectivity index (χ3v) is 7.00. The fourth-order valence-corrected chi connectivity index (χ4v) is 5.11. The first-order valence-electron chi connectivity index (χ1n) is 11.7. The van der Waals surface area contributed by atoms with Gasteiger partial charge in [-0.2, -0.15) is 4.98 Å². The Morgan fingerprint density at radius 2 is 1.97 bits per heavy atom. The monoisotopic (exact) mass is 449 g/mol. The molecule has 1 aromatic heterocycles. The van der Waals surface area contributed by atoms with Crippen LogP contribution in [-0.2, 0) is 6.54 Å². The number of methoxy groups -OCH3 is 2. The average Bonchev–Trinajstić information content (AvgIpc) is 3.50. The van der Waals surface area contributed by atoms with E-state index in [9.17, 15) is 4.79 Å². The lowest BCUT2D eigenvalue weighted by Gasteiger charge is -2.31. The van der Waals surface area contributed by atoms with Crippen LogP contribution in [0.15, 0.2) is 41.4 Å². The molecule has 2 N–H and O–H groups in total. The molecule has 0 bridgehead atoms. The van der Waals surface area contributed by atoms with Gasteiger partial charge < -0.3 is 19.7 Å². The van der Waals surface area contributed by atoms with Crippen LogP contribution < -0.4 is 20.1 Å². The molecule has 5 rings (SSSR count). The van der Waals surface area contributed by atoms with Gasteiger partial charge >= 0.3 is 0 Å². The Bertz CT molecular complexity index is 1070. The number of carbonyl (C=O) groups is 1. The highest BCUT2D eigenvalue weighted by Gasteiger charge is 2.46. The summed E-state index contributed by atoms with van der Waals surface area (Å²) in [5.41, 5.74) is 2.32. The summed E-state index contributed by atoms with van der Waals surface area (Å²) in [6.45, 7) is 1.89. The lowest BCUT2D eigenvalue weighted by Crippen LogP contribution is -2.55. The van der Waals surface area contributed by atoms with Crippen molar-refractivity contribution in [3.63, 3.8) is 0 Å². The van der Waals surface area contributed by atoms with E-state index in [1.165, 1.54) is 25.5 Å². The number of anilines is 1. The highest BCUT2D eigenvalue weighted by molar-refractivity contribution is 6.05. The number of benzene rings is 1. The maximum Gasteiger partial charge on any atom is 0.259 e. The van der Waals surface area contributed by atoms with Gasteiger partial charge in [-0.25, -0.2) is 0 Å². The maximum absolute atomic E-state index is 13.5. The van der Waals surface area contributed by atoms with Gasteiger partial charge in [0.1, 0.15) is 11.4 Å². The predicted octanol–water partition coefficient (Wildman–Crippen LogP) is 3.24. The van der Waals surface area contributed by atoms with Gasteiger partial charge in [-0.3, -0.25) is 15.1 Å². The first-order valence-corrected chi connectivity index (χ1v) is 11.7. The lowest BCUT2D eigenvalue weighted by atomic mass is 9.96. The van der Waals surface area contributed by atoms with Crippen molar-refractivity contribution in [2.75, 3.05) is 32.6 Å². The summed E-state index contributed by atoms with van der Waals surface area (Å²) >= 11 is 0. The quantitative estimate of drug-likeness (QED) is 0.745. The van der Waals surface area contributed by atoms with Gasteiger partial charge in [-0.05, 0) is 37.0 Å². The first kappa shape index (κ1) is 21.7. The molecule has 2 aromatic rings. The number of para-hydroxylation sites is 1. The number of ether oxygens (including phenoxy) is 2. The summed E-state index contributed by atoms with van der Waals surface area (Å²) in [6.07, 6.45) is 5.50. The van der Waals surface area contributed by atoms with Crippen LogP contribution in [0.1, 0.15) is 48.0 Å². The number of hydrogen-bond acceptors (Lipinski definition) is 6. The van der Waals surface area contributed by atoms with E-state index in [1.807, 2.05) is 11.0 Å². The molecule has 1 saturated heterocycles. The predicted molar refractivity (Wildman–Crippen MR) is 127 cm³/mol. The minimum atomic E-state index is -0.412. The molecule has 174 valence electrons. The molecule has 1 atom stereocenters. The SMILES string of the molecule is COc1ccc(C(=O)N2CC[C@]3(C2)NCc2ccccc2NC3=NC2CCCC2)c(OC)n1. The number of rotatable bonds is 4. The Labute approximate surface area is 194 Å². The Balaban J connectivity index is 1.44. The van der Waals surface area contributed by atoms with Crippen molar-refractivity contribution in [2.45, 2.75) is 50.2 Å². The number of nitrogens with one attached hydrogen (secondary N) is 2.